The van der Waals surface area contributed by atoms with E-state index in [0.29, 0.717) is 11.7 Å². The second-order valence-corrected chi connectivity index (χ2v) is 5.84. The van der Waals surface area contributed by atoms with Gasteiger partial charge >= 0.3 is 11.8 Å². The minimum atomic E-state index is -0.594. The first kappa shape index (κ1) is 16.3. The summed E-state index contributed by atoms with van der Waals surface area (Å²) in [5.74, 6) is -0.0128. The summed E-state index contributed by atoms with van der Waals surface area (Å²) in [5.41, 5.74) is 0.845. The third-order valence-corrected chi connectivity index (χ3v) is 4.27. The Balaban J connectivity index is 1.85. The molecule has 2 N–H and O–H groups in total. The van der Waals surface area contributed by atoms with E-state index in [2.05, 4.69) is 17.6 Å². The maximum absolute atomic E-state index is 12.0. The molecule has 2 rings (SSSR count). The van der Waals surface area contributed by atoms with E-state index in [1.165, 1.54) is 6.42 Å². The van der Waals surface area contributed by atoms with Crippen molar-refractivity contribution in [2.75, 3.05) is 7.11 Å². The summed E-state index contributed by atoms with van der Waals surface area (Å²) < 4.78 is 5.22. The lowest BCUT2D eigenvalue weighted by Crippen LogP contribution is -2.47. The molecule has 1 aliphatic rings. The number of amides is 2. The summed E-state index contributed by atoms with van der Waals surface area (Å²) in [5, 5.41) is 5.50. The van der Waals surface area contributed by atoms with Gasteiger partial charge in [0.1, 0.15) is 5.75 Å². The molecule has 5 heteroatoms. The summed E-state index contributed by atoms with van der Waals surface area (Å²) in [6.07, 6.45) is 4.37. The molecule has 0 saturated heterocycles. The monoisotopic (exact) mass is 304 g/mol. The van der Waals surface area contributed by atoms with E-state index in [1.54, 1.807) is 7.11 Å². The molecule has 1 fully saturated rings. The molecular weight excluding hydrogens is 280 g/mol. The van der Waals surface area contributed by atoms with Gasteiger partial charge in [0.25, 0.3) is 0 Å². The van der Waals surface area contributed by atoms with Crippen molar-refractivity contribution in [1.82, 2.24) is 10.6 Å². The molecule has 1 aromatic carbocycles. The quantitative estimate of drug-likeness (QED) is 0.836. The Morgan fingerprint density at radius 2 is 1.91 bits per heavy atom. The predicted molar refractivity (Wildman–Crippen MR) is 84.4 cm³/mol. The number of benzene rings is 1. The highest BCUT2D eigenvalue weighted by molar-refractivity contribution is 6.35. The molecule has 0 unspecified atom stereocenters. The fourth-order valence-electron chi connectivity index (χ4n) is 2.87. The number of carbonyl (C=O) groups excluding carboxylic acids is 2. The summed E-state index contributed by atoms with van der Waals surface area (Å²) >= 11 is 0. The highest BCUT2D eigenvalue weighted by Crippen LogP contribution is 2.23. The number of para-hydroxylation sites is 1. The lowest BCUT2D eigenvalue weighted by Gasteiger charge is -2.29. The van der Waals surface area contributed by atoms with Crippen LogP contribution in [0.5, 0.6) is 5.75 Å². The van der Waals surface area contributed by atoms with Crippen molar-refractivity contribution in [3.63, 3.8) is 0 Å². The lowest BCUT2D eigenvalue weighted by atomic mass is 9.86. The number of hydrogen-bond donors (Lipinski definition) is 2. The molecule has 2 atom stereocenters. The van der Waals surface area contributed by atoms with E-state index in [4.69, 9.17) is 4.74 Å². The van der Waals surface area contributed by atoms with Crippen LogP contribution < -0.4 is 15.4 Å². The highest BCUT2D eigenvalue weighted by atomic mass is 16.5. The van der Waals surface area contributed by atoms with Crippen molar-refractivity contribution >= 4 is 11.8 Å². The first-order valence-corrected chi connectivity index (χ1v) is 7.82. The first-order valence-electron chi connectivity index (χ1n) is 7.82. The summed E-state index contributed by atoms with van der Waals surface area (Å²) in [4.78, 5) is 23.9. The Hall–Kier alpha value is -2.04. The van der Waals surface area contributed by atoms with E-state index in [9.17, 15) is 9.59 Å². The molecule has 120 valence electrons. The first-order chi connectivity index (χ1) is 10.6. The van der Waals surface area contributed by atoms with Crippen LogP contribution in [-0.4, -0.2) is 25.0 Å². The van der Waals surface area contributed by atoms with Gasteiger partial charge in [-0.1, -0.05) is 38.0 Å². The van der Waals surface area contributed by atoms with Gasteiger partial charge in [0.05, 0.1) is 7.11 Å². The van der Waals surface area contributed by atoms with Gasteiger partial charge < -0.3 is 15.4 Å². The molecule has 0 bridgehead atoms. The minimum Gasteiger partial charge on any atom is -0.496 e. The van der Waals surface area contributed by atoms with Gasteiger partial charge in [0, 0.05) is 18.2 Å². The van der Waals surface area contributed by atoms with Gasteiger partial charge in [0.2, 0.25) is 0 Å². The SMILES string of the molecule is COc1ccccc1CNC(=O)C(=O)N[C@H]1CCCC[C@@H]1C. The Bertz CT molecular complexity index is 530. The zero-order valence-electron chi connectivity index (χ0n) is 13.2. The molecule has 0 aromatic heterocycles. The minimum absolute atomic E-state index is 0.110. The fourth-order valence-corrected chi connectivity index (χ4v) is 2.87. The summed E-state index contributed by atoms with van der Waals surface area (Å²) in [7, 11) is 1.58. The largest absolute Gasteiger partial charge is 0.496 e. The molecule has 2 amide bonds. The normalized spacial score (nSPS) is 21.0. The second-order valence-electron chi connectivity index (χ2n) is 5.84. The van der Waals surface area contributed by atoms with Crippen LogP contribution in [0.1, 0.15) is 38.2 Å². The van der Waals surface area contributed by atoms with Crippen molar-refractivity contribution in [3.05, 3.63) is 29.8 Å². The van der Waals surface area contributed by atoms with E-state index in [-0.39, 0.29) is 12.6 Å². The average molecular weight is 304 g/mol. The number of carbonyl (C=O) groups is 2. The Morgan fingerprint density at radius 1 is 1.18 bits per heavy atom. The van der Waals surface area contributed by atoms with Crippen LogP contribution in [0.25, 0.3) is 0 Å². The topological polar surface area (TPSA) is 67.4 Å². The third kappa shape index (κ3) is 4.23. The molecule has 0 radical (unpaired) electrons. The zero-order chi connectivity index (χ0) is 15.9. The zero-order valence-corrected chi connectivity index (χ0v) is 13.2. The number of ether oxygens (including phenoxy) is 1. The van der Waals surface area contributed by atoms with Crippen LogP contribution in [0, 0.1) is 5.92 Å². The van der Waals surface area contributed by atoms with E-state index < -0.39 is 11.8 Å². The molecule has 0 aliphatic heterocycles. The van der Waals surface area contributed by atoms with Crippen LogP contribution in [0.3, 0.4) is 0 Å². The van der Waals surface area contributed by atoms with Crippen molar-refractivity contribution in [3.8, 4) is 5.75 Å². The summed E-state index contributed by atoms with van der Waals surface area (Å²) in [6, 6.07) is 7.53. The molecule has 1 saturated carbocycles. The van der Waals surface area contributed by atoms with Gasteiger partial charge in [-0.25, -0.2) is 0 Å². The molecular formula is C17H24N2O3. The molecule has 5 nitrogen and oxygen atoms in total. The fraction of sp³-hybridized carbons (Fsp3) is 0.529. The van der Waals surface area contributed by atoms with Gasteiger partial charge in [-0.3, -0.25) is 9.59 Å². The Morgan fingerprint density at radius 3 is 2.64 bits per heavy atom. The van der Waals surface area contributed by atoms with Crippen LogP contribution in [-0.2, 0) is 16.1 Å². The Labute approximate surface area is 131 Å². The summed E-state index contributed by atoms with van der Waals surface area (Å²) in [6.45, 7) is 2.40. The predicted octanol–water partition coefficient (Wildman–Crippen LogP) is 2.01. The van der Waals surface area contributed by atoms with Crippen LogP contribution in [0.4, 0.5) is 0 Å². The van der Waals surface area contributed by atoms with Gasteiger partial charge in [-0.15, -0.1) is 0 Å². The van der Waals surface area contributed by atoms with Crippen molar-refractivity contribution < 1.29 is 14.3 Å². The highest BCUT2D eigenvalue weighted by Gasteiger charge is 2.25. The second kappa shape index (κ2) is 7.82. The smallest absolute Gasteiger partial charge is 0.309 e. The number of nitrogens with one attached hydrogen (secondary N) is 2. The number of methoxy groups -OCH3 is 1. The average Bonchev–Trinajstić information content (AvgIpc) is 2.54. The van der Waals surface area contributed by atoms with Crippen LogP contribution in [0.15, 0.2) is 24.3 Å². The van der Waals surface area contributed by atoms with Crippen LogP contribution >= 0.6 is 0 Å². The number of rotatable bonds is 4. The standard InChI is InChI=1S/C17H24N2O3/c1-12-7-3-5-9-14(12)19-17(21)16(20)18-11-13-8-4-6-10-15(13)22-2/h4,6,8,10,12,14H,3,5,7,9,11H2,1-2H3,(H,18,20)(H,19,21)/t12-,14-/m0/s1. The van der Waals surface area contributed by atoms with Crippen molar-refractivity contribution in [2.45, 2.75) is 45.2 Å². The molecule has 1 aromatic rings. The van der Waals surface area contributed by atoms with Crippen molar-refractivity contribution in [1.29, 1.82) is 0 Å². The molecule has 22 heavy (non-hydrogen) atoms. The van der Waals surface area contributed by atoms with Gasteiger partial charge in [-0.05, 0) is 24.8 Å². The van der Waals surface area contributed by atoms with E-state index in [1.807, 2.05) is 24.3 Å². The van der Waals surface area contributed by atoms with Gasteiger partial charge in [-0.2, -0.15) is 0 Å². The van der Waals surface area contributed by atoms with Crippen molar-refractivity contribution in [2.24, 2.45) is 5.92 Å². The van der Waals surface area contributed by atoms with Gasteiger partial charge in [0.15, 0.2) is 0 Å². The maximum Gasteiger partial charge on any atom is 0.309 e. The third-order valence-electron chi connectivity index (χ3n) is 4.27. The lowest BCUT2D eigenvalue weighted by molar-refractivity contribution is -0.140. The van der Waals surface area contributed by atoms with Crippen LogP contribution in [0.2, 0.25) is 0 Å². The van der Waals surface area contributed by atoms with E-state index >= 15 is 0 Å². The molecule has 0 spiro atoms. The molecule has 0 heterocycles. The van der Waals surface area contributed by atoms with E-state index in [0.717, 1.165) is 24.8 Å². The number of hydrogen-bond acceptors (Lipinski definition) is 3. The Kier molecular flexibility index (Phi) is 5.81. The molecule has 1 aliphatic carbocycles. The maximum atomic E-state index is 12.0.